The average Bonchev–Trinajstić information content (AvgIpc) is 2.69. The number of carboxylic acids is 2. The van der Waals surface area contributed by atoms with Gasteiger partial charge in [0.05, 0.1) is 0 Å². The largest absolute Gasteiger partial charge is 0.479 e. The van der Waals surface area contributed by atoms with Gasteiger partial charge in [0.15, 0.2) is 30.0 Å². The minimum Gasteiger partial charge on any atom is -0.479 e. The summed E-state index contributed by atoms with van der Waals surface area (Å²) in [6.45, 7) is 0. The molecule has 0 aromatic heterocycles. The van der Waals surface area contributed by atoms with Gasteiger partial charge in [0.2, 0.25) is 5.91 Å². The summed E-state index contributed by atoms with van der Waals surface area (Å²) in [6.07, 6.45) is 4.25. The Morgan fingerprint density at radius 1 is 0.970 bits per heavy atom. The van der Waals surface area contributed by atoms with Crippen molar-refractivity contribution >= 4 is 17.8 Å². The van der Waals surface area contributed by atoms with Crippen LogP contribution in [0.1, 0.15) is 60.9 Å². The number of carbonyl (C=O) groups excluding carboxylic acids is 1. The molecule has 1 aromatic carbocycles. The lowest BCUT2D eigenvalue weighted by Crippen LogP contribution is -2.57. The summed E-state index contributed by atoms with van der Waals surface area (Å²) in [5.41, 5.74) is 6.44. The zero-order valence-corrected chi connectivity index (χ0v) is 18.0. The Morgan fingerprint density at radius 3 is 1.88 bits per heavy atom. The number of carbonyl (C=O) groups is 3. The van der Waals surface area contributed by atoms with Gasteiger partial charge in [0.25, 0.3) is 0 Å². The molecule has 3 aliphatic rings. The predicted octanol–water partition coefficient (Wildman–Crippen LogP) is 0.860. The maximum atomic E-state index is 14.2. The summed E-state index contributed by atoms with van der Waals surface area (Å²) in [6, 6.07) is 3.91. The van der Waals surface area contributed by atoms with Crippen molar-refractivity contribution in [3.63, 3.8) is 0 Å². The van der Waals surface area contributed by atoms with Crippen molar-refractivity contribution in [3.05, 3.63) is 29.1 Å². The molecule has 3 unspecified atom stereocenters. The first-order valence-corrected chi connectivity index (χ1v) is 11.0. The second kappa shape index (κ2) is 10.4. The normalized spacial score (nSPS) is 21.9. The Kier molecular flexibility index (Phi) is 7.88. The molecule has 0 saturated heterocycles. The third-order valence-corrected chi connectivity index (χ3v) is 6.50. The monoisotopic (exact) mass is 468 g/mol. The topological polar surface area (TPSA) is 171 Å². The van der Waals surface area contributed by atoms with Crippen LogP contribution in [0, 0.1) is 5.82 Å². The van der Waals surface area contributed by atoms with Gasteiger partial charge in [-0.05, 0) is 44.2 Å². The van der Waals surface area contributed by atoms with Gasteiger partial charge in [-0.3, -0.25) is 9.69 Å². The summed E-state index contributed by atoms with van der Waals surface area (Å²) < 4.78 is 20.3. The Morgan fingerprint density at radius 2 is 1.48 bits per heavy atom. The molecule has 10 nitrogen and oxygen atoms in total. The zero-order valence-electron chi connectivity index (χ0n) is 18.0. The molecule has 2 fully saturated rings. The van der Waals surface area contributed by atoms with E-state index in [1.54, 1.807) is 0 Å². The van der Waals surface area contributed by atoms with Gasteiger partial charge < -0.3 is 30.9 Å². The number of carboxylic acid groups (broad SMARTS) is 2. The third kappa shape index (κ3) is 5.43. The van der Waals surface area contributed by atoms with Crippen molar-refractivity contribution in [1.29, 1.82) is 0 Å². The molecule has 2 saturated carbocycles. The summed E-state index contributed by atoms with van der Waals surface area (Å²) in [5, 5.41) is 32.5. The van der Waals surface area contributed by atoms with Crippen LogP contribution in [-0.2, 0) is 16.0 Å². The van der Waals surface area contributed by atoms with E-state index in [1.165, 1.54) is 50.7 Å². The molecule has 11 heteroatoms. The second-order valence-corrected chi connectivity index (χ2v) is 8.56. The Bertz CT molecular complexity index is 871. The summed E-state index contributed by atoms with van der Waals surface area (Å²) in [4.78, 5) is 33.6. The standard InChI is InChI=1S/C18H23FN2O2.C4H6O6/c19-15-9-7-14(18(20)22)13-8-10-16(23-17(13)15)21(11-3-1-4-11)12-5-2-6-12;5-1(3(7)8)2(6)4(9)10/h7,9,11-12,16H,1-6,8,10H2,(H2,20,22);1-2,5-6H,(H,7,8)(H,9,10). The van der Waals surface area contributed by atoms with Crippen LogP contribution in [0.15, 0.2) is 12.1 Å². The lowest BCUT2D eigenvalue weighted by molar-refractivity contribution is -0.165. The highest BCUT2D eigenvalue weighted by atomic mass is 19.1. The molecule has 0 spiro atoms. The molecule has 1 amide bonds. The number of ether oxygens (including phenoxy) is 1. The maximum absolute atomic E-state index is 14.2. The van der Waals surface area contributed by atoms with Gasteiger partial charge in [-0.2, -0.15) is 0 Å². The SMILES string of the molecule is NC(=O)c1ccc(F)c2c1CCC(N(C1CCC1)C1CCC1)O2.O=C(O)C(O)C(O)C(=O)O. The molecule has 2 aliphatic carbocycles. The van der Waals surface area contributed by atoms with E-state index in [0.717, 1.165) is 6.42 Å². The van der Waals surface area contributed by atoms with Gasteiger partial charge in [-0.25, -0.2) is 14.0 Å². The molecule has 1 aromatic rings. The van der Waals surface area contributed by atoms with Crippen LogP contribution in [0.5, 0.6) is 5.75 Å². The number of aliphatic hydroxyl groups is 2. The molecular weight excluding hydrogens is 439 g/mol. The maximum Gasteiger partial charge on any atom is 0.335 e. The highest BCUT2D eigenvalue weighted by Crippen LogP contribution is 2.40. The first kappa shape index (κ1) is 24.9. The number of nitrogens with two attached hydrogens (primary N) is 1. The number of hydrogen-bond acceptors (Lipinski definition) is 7. The third-order valence-electron chi connectivity index (χ3n) is 6.50. The number of fused-ring (bicyclic) bond motifs is 1. The molecule has 6 N–H and O–H groups in total. The van der Waals surface area contributed by atoms with Gasteiger partial charge in [0.1, 0.15) is 0 Å². The lowest BCUT2D eigenvalue weighted by Gasteiger charge is -2.50. The molecular formula is C22H29FN2O8. The molecule has 0 radical (unpaired) electrons. The van der Waals surface area contributed by atoms with Crippen molar-refractivity contribution in [2.75, 3.05) is 0 Å². The van der Waals surface area contributed by atoms with Crippen LogP contribution in [0.2, 0.25) is 0 Å². The van der Waals surface area contributed by atoms with Crippen LogP contribution in [-0.4, -0.2) is 73.7 Å². The Balaban J connectivity index is 0.000000262. The second-order valence-electron chi connectivity index (χ2n) is 8.56. The van der Waals surface area contributed by atoms with E-state index in [2.05, 4.69) is 4.90 Å². The van der Waals surface area contributed by atoms with Crippen molar-refractivity contribution in [3.8, 4) is 5.75 Å². The minimum atomic E-state index is -2.27. The smallest absolute Gasteiger partial charge is 0.335 e. The molecule has 4 rings (SSSR count). The number of aliphatic carboxylic acids is 2. The first-order chi connectivity index (χ1) is 15.6. The van der Waals surface area contributed by atoms with Crippen LogP contribution < -0.4 is 10.5 Å². The Hall–Kier alpha value is -2.76. The quantitative estimate of drug-likeness (QED) is 0.389. The van der Waals surface area contributed by atoms with Gasteiger partial charge in [-0.1, -0.05) is 12.8 Å². The predicted molar refractivity (Wildman–Crippen MR) is 112 cm³/mol. The zero-order chi connectivity index (χ0) is 24.3. The number of nitrogens with zero attached hydrogens (tertiary/aromatic N) is 1. The van der Waals surface area contributed by atoms with Crippen molar-refractivity contribution in [2.24, 2.45) is 5.73 Å². The lowest BCUT2D eigenvalue weighted by atomic mass is 9.83. The molecule has 0 bridgehead atoms. The van der Waals surface area contributed by atoms with E-state index < -0.39 is 35.9 Å². The number of benzene rings is 1. The fourth-order valence-corrected chi connectivity index (χ4v) is 4.29. The van der Waals surface area contributed by atoms with Gasteiger partial charge in [0, 0.05) is 29.6 Å². The molecule has 1 heterocycles. The number of hydrogen-bond donors (Lipinski definition) is 5. The van der Waals surface area contributed by atoms with E-state index in [9.17, 15) is 18.8 Å². The van der Waals surface area contributed by atoms with Crippen LogP contribution in [0.25, 0.3) is 0 Å². The summed E-state index contributed by atoms with van der Waals surface area (Å²) >= 11 is 0. The number of amides is 1. The van der Waals surface area contributed by atoms with Gasteiger partial charge >= 0.3 is 11.9 Å². The molecule has 3 atom stereocenters. The number of rotatable bonds is 7. The van der Waals surface area contributed by atoms with Crippen molar-refractivity contribution in [2.45, 2.75) is 81.9 Å². The number of halogens is 1. The highest BCUT2D eigenvalue weighted by Gasteiger charge is 2.41. The summed E-state index contributed by atoms with van der Waals surface area (Å²) in [5.74, 6) is -4.21. The molecule has 1 aliphatic heterocycles. The van der Waals surface area contributed by atoms with E-state index >= 15 is 0 Å². The van der Waals surface area contributed by atoms with Crippen LogP contribution in [0.3, 0.4) is 0 Å². The minimum absolute atomic E-state index is 0.0734. The number of aliphatic hydroxyl groups excluding tert-OH is 2. The summed E-state index contributed by atoms with van der Waals surface area (Å²) in [7, 11) is 0. The first-order valence-electron chi connectivity index (χ1n) is 11.0. The van der Waals surface area contributed by atoms with Crippen molar-refractivity contribution in [1.82, 2.24) is 4.90 Å². The fourth-order valence-electron chi connectivity index (χ4n) is 4.29. The Labute approximate surface area is 189 Å². The van der Waals surface area contributed by atoms with E-state index in [-0.39, 0.29) is 12.0 Å². The fraction of sp³-hybridized carbons (Fsp3) is 0.591. The van der Waals surface area contributed by atoms with Crippen LogP contribution in [0.4, 0.5) is 4.39 Å². The van der Waals surface area contributed by atoms with Crippen LogP contribution >= 0.6 is 0 Å². The van der Waals surface area contributed by atoms with E-state index in [1.807, 2.05) is 0 Å². The highest BCUT2D eigenvalue weighted by molar-refractivity contribution is 5.95. The molecule has 33 heavy (non-hydrogen) atoms. The molecule has 182 valence electrons. The average molecular weight is 468 g/mol. The van der Waals surface area contributed by atoms with E-state index in [4.69, 9.17) is 30.9 Å². The van der Waals surface area contributed by atoms with E-state index in [0.29, 0.717) is 29.6 Å². The van der Waals surface area contributed by atoms with Gasteiger partial charge in [-0.15, -0.1) is 0 Å². The number of primary amides is 1. The van der Waals surface area contributed by atoms with Crippen molar-refractivity contribution < 1.29 is 43.9 Å².